The Balaban J connectivity index is 1.87. The number of hydrogen-bond donors (Lipinski definition) is 1. The molecule has 0 spiro atoms. The van der Waals surface area contributed by atoms with Gasteiger partial charge < -0.3 is 24.4 Å². The van der Waals surface area contributed by atoms with Crippen LogP contribution in [0.15, 0.2) is 60.8 Å². The van der Waals surface area contributed by atoms with Crippen molar-refractivity contribution in [2.24, 2.45) is 0 Å². The third-order valence-corrected chi connectivity index (χ3v) is 5.62. The van der Waals surface area contributed by atoms with Crippen LogP contribution in [0.4, 0.5) is 5.82 Å². The van der Waals surface area contributed by atoms with Crippen molar-refractivity contribution in [3.05, 3.63) is 66.4 Å². The molecule has 0 amide bonds. The quantitative estimate of drug-likeness (QED) is 0.232. The van der Waals surface area contributed by atoms with Crippen molar-refractivity contribution in [3.8, 4) is 5.75 Å². The number of anilines is 1. The predicted octanol–water partition coefficient (Wildman–Crippen LogP) is 0.612. The van der Waals surface area contributed by atoms with Crippen molar-refractivity contribution >= 4 is 35.7 Å². The fourth-order valence-electron chi connectivity index (χ4n) is 3.64. The standard InChI is InChI=1S/C27H29N3O12/c1-29(2)17-21(30(20-6-4-5-13-28-20)16-18-7-9-19(37-3)10-8-18)38-24(33)14-27(36)15-25(34)41-39-22(31)11-12-23(32)40-42-26(27)35/h4-13,21,36H,14-17H2,1-3H3/b12-11-. The van der Waals surface area contributed by atoms with Crippen molar-refractivity contribution in [2.45, 2.75) is 31.2 Å². The Bertz CT molecular complexity index is 1300. The monoisotopic (exact) mass is 587 g/mol. The molecule has 1 aliphatic heterocycles. The molecular formula is C27H29N3O12. The first-order valence-electron chi connectivity index (χ1n) is 12.4. The van der Waals surface area contributed by atoms with Gasteiger partial charge in [-0.15, -0.1) is 0 Å². The Hall–Kier alpha value is -5.02. The lowest BCUT2D eigenvalue weighted by molar-refractivity contribution is -0.273. The first-order valence-corrected chi connectivity index (χ1v) is 12.4. The fraction of sp³-hybridized carbons (Fsp3) is 0.333. The molecule has 0 fully saturated rings. The summed E-state index contributed by atoms with van der Waals surface area (Å²) in [6.45, 7) is 0.365. The normalized spacial score (nSPS) is 19.2. The smallest absolute Gasteiger partial charge is 0.387 e. The van der Waals surface area contributed by atoms with E-state index in [1.165, 1.54) is 0 Å². The summed E-state index contributed by atoms with van der Waals surface area (Å²) < 4.78 is 10.9. The zero-order valence-corrected chi connectivity index (χ0v) is 23.0. The zero-order valence-electron chi connectivity index (χ0n) is 23.0. The van der Waals surface area contributed by atoms with Gasteiger partial charge in [0.2, 0.25) is 0 Å². The minimum atomic E-state index is -2.93. The zero-order chi connectivity index (χ0) is 30.7. The summed E-state index contributed by atoms with van der Waals surface area (Å²) in [5, 5.41) is 11.0. The van der Waals surface area contributed by atoms with Gasteiger partial charge in [0, 0.05) is 24.9 Å². The van der Waals surface area contributed by atoms with Gasteiger partial charge in [-0.1, -0.05) is 18.2 Å². The van der Waals surface area contributed by atoms with E-state index < -0.39 is 54.5 Å². The highest BCUT2D eigenvalue weighted by Crippen LogP contribution is 2.24. The van der Waals surface area contributed by atoms with Crippen LogP contribution >= 0.6 is 0 Å². The van der Waals surface area contributed by atoms with E-state index in [0.717, 1.165) is 5.56 Å². The molecule has 42 heavy (non-hydrogen) atoms. The van der Waals surface area contributed by atoms with Gasteiger partial charge in [0.1, 0.15) is 11.6 Å². The van der Waals surface area contributed by atoms with Crippen LogP contribution in [0.3, 0.4) is 0 Å². The minimum Gasteiger partial charge on any atom is -0.497 e. The number of aromatic nitrogens is 1. The van der Waals surface area contributed by atoms with Crippen LogP contribution in [0.25, 0.3) is 0 Å². The second kappa shape index (κ2) is 14.6. The Morgan fingerprint density at radius 3 is 2.26 bits per heavy atom. The average Bonchev–Trinajstić information content (AvgIpc) is 2.96. The molecule has 1 N–H and O–H groups in total. The van der Waals surface area contributed by atoms with Crippen LogP contribution in [0, 0.1) is 0 Å². The summed E-state index contributed by atoms with van der Waals surface area (Å²) in [6, 6.07) is 12.3. The largest absolute Gasteiger partial charge is 0.497 e. The van der Waals surface area contributed by atoms with E-state index in [2.05, 4.69) is 24.5 Å². The summed E-state index contributed by atoms with van der Waals surface area (Å²) >= 11 is 0. The maximum absolute atomic E-state index is 13.2. The molecule has 0 saturated heterocycles. The third kappa shape index (κ3) is 9.28. The lowest BCUT2D eigenvalue weighted by Crippen LogP contribution is -2.48. The van der Waals surface area contributed by atoms with Gasteiger partial charge in [-0.25, -0.2) is 43.7 Å². The van der Waals surface area contributed by atoms with Crippen molar-refractivity contribution in [1.82, 2.24) is 9.88 Å². The molecular weight excluding hydrogens is 558 g/mol. The fourth-order valence-corrected chi connectivity index (χ4v) is 3.64. The Morgan fingerprint density at radius 1 is 1.00 bits per heavy atom. The Morgan fingerprint density at radius 2 is 1.67 bits per heavy atom. The van der Waals surface area contributed by atoms with E-state index in [9.17, 15) is 29.1 Å². The van der Waals surface area contributed by atoms with Crippen LogP contribution in [0.1, 0.15) is 18.4 Å². The molecule has 1 aliphatic rings. The number of carbonyl (C=O) groups excluding carboxylic acids is 5. The lowest BCUT2D eigenvalue weighted by atomic mass is 9.96. The summed E-state index contributed by atoms with van der Waals surface area (Å²) in [5.74, 6) is -5.72. The molecule has 0 radical (unpaired) electrons. The van der Waals surface area contributed by atoms with E-state index >= 15 is 0 Å². The second-order valence-electron chi connectivity index (χ2n) is 9.22. The molecule has 224 valence electrons. The number of carbonyl (C=O) groups is 5. The lowest BCUT2D eigenvalue weighted by Gasteiger charge is -2.34. The van der Waals surface area contributed by atoms with E-state index in [1.54, 1.807) is 67.5 Å². The van der Waals surface area contributed by atoms with Crippen molar-refractivity contribution in [1.29, 1.82) is 0 Å². The van der Waals surface area contributed by atoms with Gasteiger partial charge in [0.05, 0.1) is 26.5 Å². The second-order valence-corrected chi connectivity index (χ2v) is 9.22. The van der Waals surface area contributed by atoms with Crippen LogP contribution in [0.2, 0.25) is 0 Å². The molecule has 2 unspecified atom stereocenters. The first kappa shape index (κ1) is 31.5. The van der Waals surface area contributed by atoms with Gasteiger partial charge in [-0.05, 0) is 43.9 Å². The molecule has 2 aromatic rings. The molecule has 0 aliphatic carbocycles. The van der Waals surface area contributed by atoms with Crippen LogP contribution in [0.5, 0.6) is 5.75 Å². The van der Waals surface area contributed by atoms with Gasteiger partial charge >= 0.3 is 29.8 Å². The highest BCUT2D eigenvalue weighted by atomic mass is 17.2. The summed E-state index contributed by atoms with van der Waals surface area (Å²) in [4.78, 5) is 85.9. The minimum absolute atomic E-state index is 0.142. The number of esters is 1. The summed E-state index contributed by atoms with van der Waals surface area (Å²) in [5.41, 5.74) is -2.12. The van der Waals surface area contributed by atoms with E-state index in [4.69, 9.17) is 9.47 Å². The van der Waals surface area contributed by atoms with Crippen molar-refractivity contribution in [2.75, 3.05) is 32.6 Å². The third-order valence-electron chi connectivity index (χ3n) is 5.62. The number of aliphatic hydroxyl groups is 1. The molecule has 0 saturated carbocycles. The number of nitrogens with zero attached hydrogens (tertiary/aromatic N) is 3. The predicted molar refractivity (Wildman–Crippen MR) is 140 cm³/mol. The Kier molecular flexibility index (Phi) is 10.9. The molecule has 2 heterocycles. The highest BCUT2D eigenvalue weighted by Gasteiger charge is 2.46. The number of ether oxygens (including phenoxy) is 2. The topological polar surface area (TPSA) is 180 Å². The average molecular weight is 588 g/mol. The number of hydrogen-bond acceptors (Lipinski definition) is 15. The molecule has 2 atom stereocenters. The number of benzene rings is 1. The number of pyridine rings is 1. The molecule has 15 heteroatoms. The SMILES string of the molecule is COc1ccc(CN(c2ccccn2)C(CN(C)C)OC(=O)CC2(O)CC(=O)OOC(=O)/C=C\C(=O)OOC2=O)cc1. The van der Waals surface area contributed by atoms with E-state index in [0.29, 0.717) is 23.7 Å². The molecule has 0 bridgehead atoms. The van der Waals surface area contributed by atoms with Crippen LogP contribution in [-0.2, 0) is 54.8 Å². The maximum Gasteiger partial charge on any atom is 0.387 e. The number of rotatable bonds is 10. The van der Waals surface area contributed by atoms with Crippen molar-refractivity contribution < 1.29 is 58.1 Å². The van der Waals surface area contributed by atoms with Crippen LogP contribution < -0.4 is 9.64 Å². The molecule has 1 aromatic carbocycles. The summed E-state index contributed by atoms with van der Waals surface area (Å²) in [6.07, 6.45) is -0.762. The van der Waals surface area contributed by atoms with E-state index in [1.807, 2.05) is 12.1 Å². The molecule has 3 rings (SSSR count). The first-order chi connectivity index (χ1) is 20.0. The highest BCUT2D eigenvalue weighted by molar-refractivity contribution is 5.93. The maximum atomic E-state index is 13.2. The number of methoxy groups -OCH3 is 1. The molecule has 15 nitrogen and oxygen atoms in total. The summed E-state index contributed by atoms with van der Waals surface area (Å²) in [7, 11) is 5.02. The molecule has 1 aromatic heterocycles. The van der Waals surface area contributed by atoms with Crippen LogP contribution in [-0.4, -0.2) is 84.4 Å². The van der Waals surface area contributed by atoms with Gasteiger partial charge in [0.15, 0.2) is 11.8 Å². The van der Waals surface area contributed by atoms with E-state index in [-0.39, 0.29) is 13.1 Å². The van der Waals surface area contributed by atoms with Gasteiger partial charge in [-0.2, -0.15) is 0 Å². The number of likely N-dealkylation sites (N-methyl/N-ethyl adjacent to an activating group) is 1. The van der Waals surface area contributed by atoms with Gasteiger partial charge in [-0.3, -0.25) is 4.79 Å². The van der Waals surface area contributed by atoms with Gasteiger partial charge in [0.25, 0.3) is 0 Å². The Labute approximate surface area is 240 Å². The van der Waals surface area contributed by atoms with Crippen molar-refractivity contribution in [3.63, 3.8) is 0 Å².